The molecule has 3 aromatic rings. The van der Waals surface area contributed by atoms with Crippen molar-refractivity contribution in [2.45, 2.75) is 50.9 Å². The zero-order valence-electron chi connectivity index (χ0n) is 16.3. The van der Waals surface area contributed by atoms with E-state index in [1.807, 2.05) is 24.3 Å². The number of nitrogens with one attached hydrogen (secondary N) is 2. The number of amides is 1. The van der Waals surface area contributed by atoms with Crippen LogP contribution in [0.5, 0.6) is 5.75 Å². The molecule has 28 heavy (non-hydrogen) atoms. The van der Waals surface area contributed by atoms with E-state index in [1.165, 1.54) is 11.1 Å². The Bertz CT molecular complexity index is 994. The topological polar surface area (TPSA) is 78.0 Å². The number of aromatic nitrogens is 2. The van der Waals surface area contributed by atoms with E-state index >= 15 is 0 Å². The quantitative estimate of drug-likeness (QED) is 0.593. The smallest absolute Gasteiger partial charge is 0.251 e. The lowest BCUT2D eigenvalue weighted by molar-refractivity contribution is 0.0949. The van der Waals surface area contributed by atoms with Gasteiger partial charge in [-0.3, -0.25) is 4.79 Å². The minimum absolute atomic E-state index is 0.0294. The average Bonchev–Trinajstić information content (AvgIpc) is 3.16. The van der Waals surface area contributed by atoms with Crippen molar-refractivity contribution in [3.8, 4) is 5.75 Å². The summed E-state index contributed by atoms with van der Waals surface area (Å²) in [7, 11) is 0. The van der Waals surface area contributed by atoms with Crippen LogP contribution >= 0.6 is 0 Å². The first-order valence-corrected chi connectivity index (χ1v) is 10.1. The first kappa shape index (κ1) is 18.5. The number of hydrogen-bond acceptors (Lipinski definition) is 3. The molecule has 146 valence electrons. The molecule has 3 N–H and O–H groups in total. The van der Waals surface area contributed by atoms with Crippen molar-refractivity contribution in [1.82, 2.24) is 15.3 Å². The van der Waals surface area contributed by atoms with Gasteiger partial charge in [-0.25, -0.2) is 4.98 Å². The number of aromatic amines is 1. The molecule has 1 atom stereocenters. The Hall–Kier alpha value is -2.82. The monoisotopic (exact) mass is 377 g/mol. The maximum atomic E-state index is 12.6. The highest BCUT2D eigenvalue weighted by Crippen LogP contribution is 2.44. The molecule has 1 aliphatic carbocycles. The number of phenolic OH excluding ortho intramolecular Hbond substituents is 1. The van der Waals surface area contributed by atoms with Gasteiger partial charge in [0.15, 0.2) is 0 Å². The lowest BCUT2D eigenvalue weighted by Gasteiger charge is -2.39. The number of nitrogens with zero attached hydrogens (tertiary/aromatic N) is 1. The van der Waals surface area contributed by atoms with E-state index in [0.29, 0.717) is 17.9 Å². The van der Waals surface area contributed by atoms with E-state index in [-0.39, 0.29) is 11.3 Å². The number of aromatic hydroxyl groups is 1. The molecule has 0 bridgehead atoms. The fourth-order valence-electron chi connectivity index (χ4n) is 4.75. The van der Waals surface area contributed by atoms with Gasteiger partial charge in [0, 0.05) is 12.1 Å². The Labute approximate surface area is 165 Å². The van der Waals surface area contributed by atoms with Crippen LogP contribution < -0.4 is 5.32 Å². The summed E-state index contributed by atoms with van der Waals surface area (Å²) in [6, 6.07) is 11.3. The molecule has 0 fully saturated rings. The molecule has 1 amide bonds. The minimum Gasteiger partial charge on any atom is -0.508 e. The van der Waals surface area contributed by atoms with Crippen molar-refractivity contribution in [3.05, 3.63) is 59.4 Å². The Balaban J connectivity index is 1.49. The number of carbonyl (C=O) groups excluding carboxylic acids is 1. The van der Waals surface area contributed by atoms with Gasteiger partial charge in [-0.15, -0.1) is 0 Å². The number of carbonyl (C=O) groups is 1. The molecule has 5 nitrogen and oxygen atoms in total. The van der Waals surface area contributed by atoms with Gasteiger partial charge >= 0.3 is 0 Å². The van der Waals surface area contributed by atoms with Crippen LogP contribution in [0.2, 0.25) is 0 Å². The van der Waals surface area contributed by atoms with Gasteiger partial charge in [-0.05, 0) is 79.0 Å². The summed E-state index contributed by atoms with van der Waals surface area (Å²) >= 11 is 0. The van der Waals surface area contributed by atoms with Crippen LogP contribution in [0.4, 0.5) is 0 Å². The van der Waals surface area contributed by atoms with Crippen molar-refractivity contribution in [1.29, 1.82) is 0 Å². The third kappa shape index (κ3) is 3.49. The molecule has 0 saturated heterocycles. The van der Waals surface area contributed by atoms with E-state index in [1.54, 1.807) is 12.4 Å². The zero-order chi connectivity index (χ0) is 19.6. The number of rotatable bonds is 6. The summed E-state index contributed by atoms with van der Waals surface area (Å²) in [6.45, 7) is 2.83. The summed E-state index contributed by atoms with van der Waals surface area (Å²) in [6.07, 6.45) is 8.00. The van der Waals surface area contributed by atoms with Crippen LogP contribution in [0, 0.1) is 0 Å². The predicted octanol–water partition coefficient (Wildman–Crippen LogP) is 4.46. The highest BCUT2D eigenvalue weighted by Gasteiger charge is 2.35. The summed E-state index contributed by atoms with van der Waals surface area (Å²) in [5, 5.41) is 13.1. The number of hydrogen-bond donors (Lipinski definition) is 3. The Morgan fingerprint density at radius 3 is 3.00 bits per heavy atom. The maximum Gasteiger partial charge on any atom is 0.251 e. The molecule has 1 aliphatic rings. The summed E-state index contributed by atoms with van der Waals surface area (Å²) < 4.78 is 0. The molecule has 0 spiro atoms. The zero-order valence-corrected chi connectivity index (χ0v) is 16.3. The molecule has 5 heteroatoms. The third-order valence-corrected chi connectivity index (χ3v) is 6.07. The summed E-state index contributed by atoms with van der Waals surface area (Å²) in [4.78, 5) is 19.9. The van der Waals surface area contributed by atoms with Crippen molar-refractivity contribution in [2.75, 3.05) is 6.54 Å². The molecule has 0 radical (unpaired) electrons. The third-order valence-electron chi connectivity index (χ3n) is 6.07. The fourth-order valence-corrected chi connectivity index (χ4v) is 4.75. The molecular weight excluding hydrogens is 350 g/mol. The highest BCUT2D eigenvalue weighted by atomic mass is 16.3. The van der Waals surface area contributed by atoms with Gasteiger partial charge in [0.25, 0.3) is 5.91 Å². The number of aryl methyl sites for hydroxylation is 1. The van der Waals surface area contributed by atoms with E-state index in [4.69, 9.17) is 0 Å². The van der Waals surface area contributed by atoms with Crippen molar-refractivity contribution in [2.24, 2.45) is 0 Å². The molecule has 1 aromatic heterocycles. The SMILES string of the molecule is CCCC1(CCNC(=O)c2ccc3nc[nH]c3c2)CCCc2ccc(O)cc21. The van der Waals surface area contributed by atoms with Crippen LogP contribution in [0.25, 0.3) is 11.0 Å². The molecule has 0 aliphatic heterocycles. The molecule has 0 saturated carbocycles. The van der Waals surface area contributed by atoms with Crippen molar-refractivity contribution in [3.63, 3.8) is 0 Å². The summed E-state index contributed by atoms with van der Waals surface area (Å²) in [5.74, 6) is 0.271. The Kier molecular flexibility index (Phi) is 5.07. The normalized spacial score (nSPS) is 18.8. The number of imidazole rings is 1. The number of phenols is 1. The number of benzene rings is 2. The van der Waals surface area contributed by atoms with Gasteiger partial charge < -0.3 is 15.4 Å². The second kappa shape index (κ2) is 7.66. The van der Waals surface area contributed by atoms with Gasteiger partial charge in [0.05, 0.1) is 17.4 Å². The van der Waals surface area contributed by atoms with E-state index in [2.05, 4.69) is 28.3 Å². The molecule has 2 aromatic carbocycles. The highest BCUT2D eigenvalue weighted by molar-refractivity contribution is 5.97. The number of fused-ring (bicyclic) bond motifs is 2. The van der Waals surface area contributed by atoms with Crippen LogP contribution in [-0.2, 0) is 11.8 Å². The van der Waals surface area contributed by atoms with Gasteiger partial charge in [0.2, 0.25) is 0 Å². The first-order valence-electron chi connectivity index (χ1n) is 10.1. The van der Waals surface area contributed by atoms with Crippen LogP contribution in [-0.4, -0.2) is 27.5 Å². The Morgan fingerprint density at radius 1 is 1.25 bits per heavy atom. The first-order chi connectivity index (χ1) is 13.6. The van der Waals surface area contributed by atoms with Gasteiger partial charge in [-0.1, -0.05) is 19.4 Å². The van der Waals surface area contributed by atoms with Crippen LogP contribution in [0.15, 0.2) is 42.7 Å². The van der Waals surface area contributed by atoms with E-state index < -0.39 is 0 Å². The van der Waals surface area contributed by atoms with Gasteiger partial charge in [0.1, 0.15) is 5.75 Å². The van der Waals surface area contributed by atoms with E-state index in [9.17, 15) is 9.90 Å². The van der Waals surface area contributed by atoms with Gasteiger partial charge in [-0.2, -0.15) is 0 Å². The van der Waals surface area contributed by atoms with Crippen molar-refractivity contribution >= 4 is 16.9 Å². The minimum atomic E-state index is -0.0601. The summed E-state index contributed by atoms with van der Waals surface area (Å²) in [5.41, 5.74) is 5.01. The van der Waals surface area contributed by atoms with Crippen LogP contribution in [0.3, 0.4) is 0 Å². The second-order valence-corrected chi connectivity index (χ2v) is 7.87. The largest absolute Gasteiger partial charge is 0.508 e. The maximum absolute atomic E-state index is 12.6. The number of H-pyrrole nitrogens is 1. The van der Waals surface area contributed by atoms with Crippen LogP contribution in [0.1, 0.15) is 60.5 Å². The Morgan fingerprint density at radius 2 is 2.14 bits per heavy atom. The molecule has 4 rings (SSSR count). The van der Waals surface area contributed by atoms with Crippen molar-refractivity contribution < 1.29 is 9.90 Å². The standard InChI is InChI=1S/C23H27N3O2/c1-2-9-23(10-3-4-16-5-7-18(27)14-19(16)23)11-12-24-22(28)17-6-8-20-21(13-17)26-15-25-20/h5-8,13-15,27H,2-4,9-12H2,1H3,(H,24,28)(H,25,26). The lowest BCUT2D eigenvalue weighted by atomic mass is 9.65. The fraction of sp³-hybridized carbons (Fsp3) is 0.391. The lowest BCUT2D eigenvalue weighted by Crippen LogP contribution is -2.36. The molecular formula is C23H27N3O2. The molecule has 1 unspecified atom stereocenters. The van der Waals surface area contributed by atoms with E-state index in [0.717, 1.165) is 49.6 Å². The predicted molar refractivity (Wildman–Crippen MR) is 111 cm³/mol. The average molecular weight is 377 g/mol. The molecule has 1 heterocycles. The second-order valence-electron chi connectivity index (χ2n) is 7.87.